The fraction of sp³-hybridized carbons (Fsp3) is 0.500. The fourth-order valence-corrected chi connectivity index (χ4v) is 3.93. The van der Waals surface area contributed by atoms with Crippen LogP contribution in [-0.2, 0) is 16.6 Å². The lowest BCUT2D eigenvalue weighted by atomic mass is 10.1. The van der Waals surface area contributed by atoms with Crippen LogP contribution in [0, 0.1) is 13.8 Å². The van der Waals surface area contributed by atoms with Gasteiger partial charge >= 0.3 is 0 Å². The number of benzene rings is 1. The Labute approximate surface area is 172 Å². The van der Waals surface area contributed by atoms with Crippen molar-refractivity contribution in [1.29, 1.82) is 0 Å². The Hall–Kier alpha value is -2.39. The van der Waals surface area contributed by atoms with E-state index in [1.165, 1.54) is 6.26 Å². The summed E-state index contributed by atoms with van der Waals surface area (Å²) in [5, 5.41) is 4.34. The van der Waals surface area contributed by atoms with Gasteiger partial charge in [0, 0.05) is 45.2 Å². The van der Waals surface area contributed by atoms with Gasteiger partial charge in [-0.25, -0.2) is 13.1 Å². The average molecular weight is 421 g/mol. The molecule has 2 aromatic rings. The summed E-state index contributed by atoms with van der Waals surface area (Å²) in [7, 11) is -2.97. The van der Waals surface area contributed by atoms with Gasteiger partial charge in [-0.1, -0.05) is 6.07 Å². The van der Waals surface area contributed by atoms with Crippen LogP contribution in [0.1, 0.15) is 21.6 Å². The second kappa shape index (κ2) is 8.96. The van der Waals surface area contributed by atoms with Crippen molar-refractivity contribution in [2.45, 2.75) is 20.6 Å². The molecule has 1 aliphatic rings. The van der Waals surface area contributed by atoms with Gasteiger partial charge in [-0.3, -0.25) is 9.69 Å². The number of piperazine rings is 1. The van der Waals surface area contributed by atoms with Gasteiger partial charge < -0.3 is 9.64 Å². The van der Waals surface area contributed by atoms with Crippen LogP contribution in [0.5, 0.6) is 5.75 Å². The monoisotopic (exact) mass is 420 g/mol. The summed E-state index contributed by atoms with van der Waals surface area (Å²) in [6.45, 7) is 7.23. The number of carbonyl (C=O) groups is 1. The van der Waals surface area contributed by atoms with E-state index in [-0.39, 0.29) is 18.4 Å². The van der Waals surface area contributed by atoms with Crippen molar-refractivity contribution in [3.05, 3.63) is 47.3 Å². The standard InChI is InChI=1S/C20H28N4O4S/c1-16-12-17(2)14-18(13-16)28-15-24-5-4-19(21-24)20(25)23-8-6-22(7-9-23)10-11-29(3,26)27/h4-5,12-14H,6-11,15H2,1-3H3. The molecule has 1 fully saturated rings. The van der Waals surface area contributed by atoms with Crippen LogP contribution in [0.15, 0.2) is 30.5 Å². The Morgan fingerprint density at radius 1 is 1.10 bits per heavy atom. The summed E-state index contributed by atoms with van der Waals surface area (Å²) in [4.78, 5) is 16.5. The minimum atomic E-state index is -2.97. The van der Waals surface area contributed by atoms with E-state index in [1.807, 2.05) is 26.0 Å². The highest BCUT2D eigenvalue weighted by molar-refractivity contribution is 7.90. The normalized spacial score (nSPS) is 15.5. The van der Waals surface area contributed by atoms with Crippen molar-refractivity contribution >= 4 is 15.7 Å². The Balaban J connectivity index is 1.50. The van der Waals surface area contributed by atoms with Crippen molar-refractivity contribution < 1.29 is 17.9 Å². The zero-order chi connectivity index (χ0) is 21.0. The zero-order valence-corrected chi connectivity index (χ0v) is 18.0. The number of aryl methyl sites for hydroxylation is 2. The van der Waals surface area contributed by atoms with E-state index in [4.69, 9.17) is 4.74 Å². The molecule has 1 aromatic heterocycles. The Morgan fingerprint density at radius 2 is 1.76 bits per heavy atom. The number of carbonyl (C=O) groups excluding carboxylic acids is 1. The maximum absolute atomic E-state index is 12.7. The molecule has 0 radical (unpaired) electrons. The molecule has 158 valence electrons. The van der Waals surface area contributed by atoms with Crippen molar-refractivity contribution in [2.75, 3.05) is 44.7 Å². The van der Waals surface area contributed by atoms with Crippen molar-refractivity contribution in [3.8, 4) is 5.75 Å². The number of hydrogen-bond donors (Lipinski definition) is 0. The lowest BCUT2D eigenvalue weighted by molar-refractivity contribution is 0.0636. The van der Waals surface area contributed by atoms with Crippen molar-refractivity contribution in [3.63, 3.8) is 0 Å². The molecular weight excluding hydrogens is 392 g/mol. The first-order valence-corrected chi connectivity index (χ1v) is 11.7. The van der Waals surface area contributed by atoms with Crippen LogP contribution in [0.4, 0.5) is 0 Å². The topological polar surface area (TPSA) is 84.7 Å². The third kappa shape index (κ3) is 6.30. The van der Waals surface area contributed by atoms with Gasteiger partial charge in [-0.05, 0) is 43.2 Å². The Morgan fingerprint density at radius 3 is 2.38 bits per heavy atom. The van der Waals surface area contributed by atoms with Crippen molar-refractivity contribution in [2.24, 2.45) is 0 Å². The Bertz CT molecular complexity index is 942. The molecule has 0 N–H and O–H groups in total. The van der Waals surface area contributed by atoms with E-state index in [1.54, 1.807) is 21.8 Å². The summed E-state index contributed by atoms with van der Waals surface area (Å²) < 4.78 is 30.0. The minimum Gasteiger partial charge on any atom is -0.471 e. The summed E-state index contributed by atoms with van der Waals surface area (Å²) in [5.41, 5.74) is 2.65. The van der Waals surface area contributed by atoms with Gasteiger partial charge in [0.1, 0.15) is 15.6 Å². The summed E-state index contributed by atoms with van der Waals surface area (Å²) in [6, 6.07) is 7.71. The van der Waals surface area contributed by atoms with Gasteiger partial charge in [-0.15, -0.1) is 0 Å². The third-order valence-electron chi connectivity index (χ3n) is 4.86. The smallest absolute Gasteiger partial charge is 0.274 e. The highest BCUT2D eigenvalue weighted by Crippen LogP contribution is 2.16. The highest BCUT2D eigenvalue weighted by Gasteiger charge is 2.24. The second-order valence-corrected chi connectivity index (χ2v) is 9.86. The predicted octanol–water partition coefficient (Wildman–Crippen LogP) is 1.34. The molecule has 2 heterocycles. The molecule has 8 nitrogen and oxygen atoms in total. The van der Waals surface area contributed by atoms with E-state index < -0.39 is 9.84 Å². The molecule has 9 heteroatoms. The second-order valence-electron chi connectivity index (χ2n) is 7.60. The van der Waals surface area contributed by atoms with Crippen LogP contribution in [-0.4, -0.2) is 78.6 Å². The molecule has 0 saturated carbocycles. The first-order valence-electron chi connectivity index (χ1n) is 9.63. The molecule has 0 unspecified atom stereocenters. The summed E-state index contributed by atoms with van der Waals surface area (Å²) in [6.07, 6.45) is 2.98. The van der Waals surface area contributed by atoms with Gasteiger partial charge in [-0.2, -0.15) is 5.10 Å². The number of nitrogens with zero attached hydrogens (tertiary/aromatic N) is 4. The van der Waals surface area contributed by atoms with E-state index in [2.05, 4.69) is 16.1 Å². The number of rotatable bonds is 7. The van der Waals surface area contributed by atoms with Crippen molar-refractivity contribution in [1.82, 2.24) is 19.6 Å². The van der Waals surface area contributed by atoms with Crippen LogP contribution < -0.4 is 4.74 Å². The summed E-state index contributed by atoms with van der Waals surface area (Å²) in [5.74, 6) is 0.806. The van der Waals surface area contributed by atoms with Crippen LogP contribution in [0.3, 0.4) is 0 Å². The lowest BCUT2D eigenvalue weighted by Gasteiger charge is -2.34. The first-order chi connectivity index (χ1) is 13.7. The largest absolute Gasteiger partial charge is 0.471 e. The van der Waals surface area contributed by atoms with Crippen LogP contribution in [0.2, 0.25) is 0 Å². The maximum atomic E-state index is 12.7. The number of hydrogen-bond acceptors (Lipinski definition) is 6. The lowest BCUT2D eigenvalue weighted by Crippen LogP contribution is -2.49. The molecule has 0 aliphatic carbocycles. The van der Waals surface area contributed by atoms with E-state index in [0.29, 0.717) is 38.4 Å². The zero-order valence-electron chi connectivity index (χ0n) is 17.2. The summed E-state index contributed by atoms with van der Waals surface area (Å²) >= 11 is 0. The number of sulfone groups is 1. The van der Waals surface area contributed by atoms with E-state index >= 15 is 0 Å². The molecule has 0 spiro atoms. The fourth-order valence-electron chi connectivity index (χ4n) is 3.34. The van der Waals surface area contributed by atoms with Gasteiger partial charge in [0.2, 0.25) is 0 Å². The molecule has 1 amide bonds. The molecule has 29 heavy (non-hydrogen) atoms. The predicted molar refractivity (Wildman–Crippen MR) is 111 cm³/mol. The number of aromatic nitrogens is 2. The molecule has 3 rings (SSSR count). The molecule has 1 saturated heterocycles. The SMILES string of the molecule is Cc1cc(C)cc(OCn2ccc(C(=O)N3CCN(CCS(C)(=O)=O)CC3)n2)c1. The third-order valence-corrected chi connectivity index (χ3v) is 5.78. The van der Waals surface area contributed by atoms with E-state index in [9.17, 15) is 13.2 Å². The Kier molecular flexibility index (Phi) is 6.59. The molecule has 1 aliphatic heterocycles. The number of amides is 1. The number of ether oxygens (including phenoxy) is 1. The van der Waals surface area contributed by atoms with Gasteiger partial charge in [0.15, 0.2) is 12.4 Å². The van der Waals surface area contributed by atoms with Gasteiger partial charge in [0.05, 0.1) is 5.75 Å². The van der Waals surface area contributed by atoms with E-state index in [0.717, 1.165) is 16.9 Å². The minimum absolute atomic E-state index is 0.113. The average Bonchev–Trinajstić information content (AvgIpc) is 3.12. The van der Waals surface area contributed by atoms with Crippen LogP contribution >= 0.6 is 0 Å². The quantitative estimate of drug-likeness (QED) is 0.672. The highest BCUT2D eigenvalue weighted by atomic mass is 32.2. The van der Waals surface area contributed by atoms with Crippen LogP contribution in [0.25, 0.3) is 0 Å². The molecule has 1 aromatic carbocycles. The molecule has 0 atom stereocenters. The maximum Gasteiger partial charge on any atom is 0.274 e. The molecular formula is C20H28N4O4S. The molecule has 0 bridgehead atoms. The van der Waals surface area contributed by atoms with Gasteiger partial charge in [0.25, 0.3) is 5.91 Å². The first kappa shape index (κ1) is 21.3.